The first-order valence-corrected chi connectivity index (χ1v) is 21.7. The summed E-state index contributed by atoms with van der Waals surface area (Å²) in [7, 11) is 0. The van der Waals surface area contributed by atoms with Gasteiger partial charge in [0.2, 0.25) is 0 Å². The molecule has 4 nitrogen and oxygen atoms in total. The van der Waals surface area contributed by atoms with E-state index in [1.807, 2.05) is 11.3 Å². The predicted octanol–water partition coefficient (Wildman–Crippen LogP) is 15.5. The van der Waals surface area contributed by atoms with Gasteiger partial charge in [0.05, 0.1) is 16.7 Å². The minimum atomic E-state index is 0.619. The third-order valence-electron chi connectivity index (χ3n) is 12.4. The maximum absolute atomic E-state index is 5.35. The third-order valence-corrected chi connectivity index (χ3v) is 13.6. The van der Waals surface area contributed by atoms with Crippen LogP contribution in [0.25, 0.3) is 125 Å². The highest BCUT2D eigenvalue weighted by atomic mass is 32.1. The fourth-order valence-electron chi connectivity index (χ4n) is 9.50. The van der Waals surface area contributed by atoms with E-state index in [1.165, 1.54) is 41.7 Å². The van der Waals surface area contributed by atoms with Crippen molar-refractivity contribution in [2.24, 2.45) is 0 Å². The summed E-state index contributed by atoms with van der Waals surface area (Å²) >= 11 is 1.84. The summed E-state index contributed by atoms with van der Waals surface area (Å²) in [5, 5.41) is 11.9. The molecule has 0 saturated carbocycles. The Morgan fingerprint density at radius 3 is 1.58 bits per heavy atom. The van der Waals surface area contributed by atoms with Gasteiger partial charge < -0.3 is 4.57 Å². The maximum atomic E-state index is 5.35. The van der Waals surface area contributed by atoms with E-state index >= 15 is 0 Å². The van der Waals surface area contributed by atoms with Crippen LogP contribution in [0.3, 0.4) is 0 Å². The van der Waals surface area contributed by atoms with E-state index in [4.69, 9.17) is 15.0 Å². The number of thiophene rings is 1. The van der Waals surface area contributed by atoms with Crippen molar-refractivity contribution in [3.8, 4) is 51.0 Å². The molecule has 3 aromatic heterocycles. The number of benzene rings is 10. The highest BCUT2D eigenvalue weighted by Gasteiger charge is 2.21. The summed E-state index contributed by atoms with van der Waals surface area (Å²) in [6.07, 6.45) is 0. The van der Waals surface area contributed by atoms with Crippen LogP contribution < -0.4 is 0 Å². The first-order valence-electron chi connectivity index (χ1n) is 20.9. The summed E-state index contributed by atoms with van der Waals surface area (Å²) in [4.78, 5) is 16.0. The lowest BCUT2D eigenvalue weighted by atomic mass is 9.98. The average Bonchev–Trinajstić information content (AvgIpc) is 3.87. The molecule has 10 aromatic carbocycles. The van der Waals surface area contributed by atoms with Crippen LogP contribution in [0.15, 0.2) is 206 Å². The first kappa shape index (κ1) is 34.8. The quantitative estimate of drug-likeness (QED) is 0.174. The molecule has 0 saturated heterocycles. The SMILES string of the molecule is c1ccc2cc3c(cc2c1)c1ccccc1n3-c1ccc(-c2nc(-c3cccc4ccccc34)nc(-c3cccc4ccccc34)n2)cc1-c1ccc2sc3ccccc3c2c1. The molecule has 0 amide bonds. The van der Waals surface area contributed by atoms with Crippen molar-refractivity contribution < 1.29 is 0 Å². The van der Waals surface area contributed by atoms with E-state index in [0.29, 0.717) is 17.5 Å². The molecule has 0 aliphatic rings. The molecule has 13 rings (SSSR count). The first-order chi connectivity index (χ1) is 30.7. The van der Waals surface area contributed by atoms with E-state index in [0.717, 1.165) is 66.1 Å². The van der Waals surface area contributed by atoms with E-state index in [1.54, 1.807) is 0 Å². The van der Waals surface area contributed by atoms with Crippen LogP contribution in [0.4, 0.5) is 0 Å². The van der Waals surface area contributed by atoms with E-state index in [2.05, 4.69) is 211 Å². The molecule has 0 unspecified atom stereocenters. The van der Waals surface area contributed by atoms with Crippen molar-refractivity contribution in [1.82, 2.24) is 19.5 Å². The maximum Gasteiger partial charge on any atom is 0.164 e. The zero-order chi connectivity index (χ0) is 40.7. The Hall–Kier alpha value is -7.99. The second-order valence-electron chi connectivity index (χ2n) is 16.0. The minimum Gasteiger partial charge on any atom is -0.309 e. The van der Waals surface area contributed by atoms with Crippen LogP contribution in [0.1, 0.15) is 0 Å². The molecule has 0 atom stereocenters. The Labute approximate surface area is 360 Å². The standard InChI is InChI=1S/C57H34N4S/c1-2-16-38-34-52-48(31-37(38)15-1)43-21-7-9-25-50(43)61(52)51-29-27-40(33-47(51)39-28-30-54-49(32-39)44-22-8-10-26-53(44)62-54)55-58-56(45-23-11-17-35-13-3-5-19-41(35)45)60-57(59-55)46-24-12-18-36-14-4-6-20-42(36)46/h1-34H. The van der Waals surface area contributed by atoms with Gasteiger partial charge in [0.25, 0.3) is 0 Å². The number of rotatable bonds is 5. The zero-order valence-electron chi connectivity index (χ0n) is 33.3. The van der Waals surface area contributed by atoms with Gasteiger partial charge in [-0.3, -0.25) is 0 Å². The minimum absolute atomic E-state index is 0.619. The second-order valence-corrected chi connectivity index (χ2v) is 17.1. The fraction of sp³-hybridized carbons (Fsp3) is 0. The number of nitrogens with zero attached hydrogens (tertiary/aromatic N) is 4. The van der Waals surface area contributed by atoms with Gasteiger partial charge in [-0.15, -0.1) is 11.3 Å². The highest BCUT2D eigenvalue weighted by molar-refractivity contribution is 7.25. The van der Waals surface area contributed by atoms with Crippen molar-refractivity contribution >= 4 is 85.6 Å². The molecular weight excluding hydrogens is 773 g/mol. The molecule has 3 heterocycles. The number of aromatic nitrogens is 4. The summed E-state index contributed by atoms with van der Waals surface area (Å²) in [5.41, 5.74) is 8.48. The number of fused-ring (bicyclic) bond motifs is 9. The summed E-state index contributed by atoms with van der Waals surface area (Å²) in [6, 6.07) is 74.1. The van der Waals surface area contributed by atoms with Crippen LogP contribution >= 0.6 is 11.3 Å². The lowest BCUT2D eigenvalue weighted by molar-refractivity contribution is 1.08. The van der Waals surface area contributed by atoms with Crippen LogP contribution in [-0.4, -0.2) is 19.5 Å². The van der Waals surface area contributed by atoms with E-state index in [-0.39, 0.29) is 0 Å². The highest BCUT2D eigenvalue weighted by Crippen LogP contribution is 2.42. The van der Waals surface area contributed by atoms with Gasteiger partial charge in [-0.1, -0.05) is 152 Å². The number of hydrogen-bond acceptors (Lipinski definition) is 4. The smallest absolute Gasteiger partial charge is 0.164 e. The number of para-hydroxylation sites is 1. The predicted molar refractivity (Wildman–Crippen MR) is 261 cm³/mol. The van der Waals surface area contributed by atoms with E-state index in [9.17, 15) is 0 Å². The van der Waals surface area contributed by atoms with Gasteiger partial charge in [-0.05, 0) is 92.5 Å². The summed E-state index contributed by atoms with van der Waals surface area (Å²) in [5.74, 6) is 1.90. The molecule has 62 heavy (non-hydrogen) atoms. The summed E-state index contributed by atoms with van der Waals surface area (Å²) in [6.45, 7) is 0. The molecule has 0 spiro atoms. The van der Waals surface area contributed by atoms with Gasteiger partial charge in [0.15, 0.2) is 17.5 Å². The van der Waals surface area contributed by atoms with Crippen LogP contribution in [0, 0.1) is 0 Å². The van der Waals surface area contributed by atoms with Crippen LogP contribution in [-0.2, 0) is 0 Å². The lowest BCUT2D eigenvalue weighted by Gasteiger charge is -2.17. The summed E-state index contributed by atoms with van der Waals surface area (Å²) < 4.78 is 5.01. The Bertz CT molecular complexity index is 3840. The molecule has 5 heteroatoms. The topological polar surface area (TPSA) is 43.6 Å². The van der Waals surface area contributed by atoms with Gasteiger partial charge in [0.1, 0.15) is 0 Å². The zero-order valence-corrected chi connectivity index (χ0v) is 34.1. The van der Waals surface area contributed by atoms with E-state index < -0.39 is 0 Å². The molecule has 0 radical (unpaired) electrons. The molecule has 0 bridgehead atoms. The molecule has 0 N–H and O–H groups in total. The Balaban J connectivity index is 1.10. The largest absolute Gasteiger partial charge is 0.309 e. The van der Waals surface area contributed by atoms with Gasteiger partial charge >= 0.3 is 0 Å². The molecule has 288 valence electrons. The normalized spacial score (nSPS) is 11.9. The van der Waals surface area contributed by atoms with Gasteiger partial charge in [-0.25, -0.2) is 15.0 Å². The van der Waals surface area contributed by atoms with Crippen LogP contribution in [0.5, 0.6) is 0 Å². The van der Waals surface area contributed by atoms with Crippen molar-refractivity contribution in [1.29, 1.82) is 0 Å². The monoisotopic (exact) mass is 806 g/mol. The lowest BCUT2D eigenvalue weighted by Crippen LogP contribution is -2.02. The Morgan fingerprint density at radius 1 is 0.306 bits per heavy atom. The Morgan fingerprint density at radius 2 is 0.855 bits per heavy atom. The molecule has 13 aromatic rings. The third kappa shape index (κ3) is 5.49. The van der Waals surface area contributed by atoms with Crippen molar-refractivity contribution in [3.63, 3.8) is 0 Å². The van der Waals surface area contributed by atoms with Crippen molar-refractivity contribution in [3.05, 3.63) is 206 Å². The van der Waals surface area contributed by atoms with Crippen molar-refractivity contribution in [2.75, 3.05) is 0 Å². The van der Waals surface area contributed by atoms with Gasteiger partial charge in [-0.2, -0.15) is 0 Å². The molecular formula is C57H34N4S. The van der Waals surface area contributed by atoms with Crippen molar-refractivity contribution in [2.45, 2.75) is 0 Å². The molecule has 0 fully saturated rings. The number of hydrogen-bond donors (Lipinski definition) is 0. The second kappa shape index (κ2) is 13.8. The molecule has 0 aliphatic carbocycles. The van der Waals surface area contributed by atoms with Crippen LogP contribution in [0.2, 0.25) is 0 Å². The fourth-order valence-corrected chi connectivity index (χ4v) is 10.6. The molecule has 0 aliphatic heterocycles. The Kier molecular flexibility index (Phi) is 7.74. The average molecular weight is 807 g/mol. The van der Waals surface area contributed by atoms with Gasteiger partial charge in [0, 0.05) is 53.2 Å².